The fourth-order valence-corrected chi connectivity index (χ4v) is 3.62. The summed E-state index contributed by atoms with van der Waals surface area (Å²) in [5.41, 5.74) is -0.145. The summed E-state index contributed by atoms with van der Waals surface area (Å²) in [4.78, 5) is 29.9. The molecule has 2 amide bonds. The lowest BCUT2D eigenvalue weighted by atomic mass is 9.93. The molecule has 1 fully saturated rings. The van der Waals surface area contributed by atoms with E-state index in [1.165, 1.54) is 16.2 Å². The van der Waals surface area contributed by atoms with Gasteiger partial charge in [0.1, 0.15) is 10.5 Å². The molecule has 0 bridgehead atoms. The molecule has 116 valence electrons. The van der Waals surface area contributed by atoms with Gasteiger partial charge in [0.05, 0.1) is 6.04 Å². The number of carbonyl (C=O) groups is 2. The van der Waals surface area contributed by atoms with Gasteiger partial charge in [-0.25, -0.2) is 14.6 Å². The number of nitrogens with zero attached hydrogens (tertiary/aromatic N) is 2. The number of aromatic nitrogens is 1. The van der Waals surface area contributed by atoms with Crippen LogP contribution in [0.15, 0.2) is 5.38 Å². The maximum Gasteiger partial charge on any atom is 0.329 e. The van der Waals surface area contributed by atoms with Crippen LogP contribution in [0.1, 0.15) is 49.9 Å². The minimum atomic E-state index is -1.07. The Bertz CT molecular complexity index is 545. The van der Waals surface area contributed by atoms with Crippen LogP contribution in [0.3, 0.4) is 0 Å². The molecule has 7 heteroatoms. The zero-order valence-corrected chi connectivity index (χ0v) is 13.4. The second-order valence-electron chi connectivity index (χ2n) is 5.44. The summed E-state index contributed by atoms with van der Waals surface area (Å²) in [5.74, 6) is -0.921. The number of amides is 2. The van der Waals surface area contributed by atoms with Gasteiger partial charge in [-0.2, -0.15) is 0 Å². The summed E-state index contributed by atoms with van der Waals surface area (Å²) in [7, 11) is 0. The highest BCUT2D eigenvalue weighted by Crippen LogP contribution is 2.33. The number of rotatable bonds is 4. The Kier molecular flexibility index (Phi) is 4.51. The monoisotopic (exact) mass is 311 g/mol. The highest BCUT2D eigenvalue weighted by atomic mass is 32.1. The zero-order valence-electron chi connectivity index (χ0n) is 12.5. The van der Waals surface area contributed by atoms with Crippen LogP contribution in [0.4, 0.5) is 4.79 Å². The van der Waals surface area contributed by atoms with Crippen molar-refractivity contribution in [3.8, 4) is 0 Å². The van der Waals surface area contributed by atoms with Crippen molar-refractivity contribution in [2.45, 2.75) is 51.6 Å². The molecule has 2 rings (SSSR count). The summed E-state index contributed by atoms with van der Waals surface area (Å²) in [5, 5.41) is 15.1. The molecule has 1 aromatic rings. The van der Waals surface area contributed by atoms with E-state index in [0.29, 0.717) is 19.4 Å². The largest absolute Gasteiger partial charge is 0.479 e. The smallest absolute Gasteiger partial charge is 0.329 e. The number of nitrogens with one attached hydrogen (secondary N) is 1. The lowest BCUT2D eigenvalue weighted by Crippen LogP contribution is -2.55. The first kappa shape index (κ1) is 15.8. The molecule has 0 spiro atoms. The van der Waals surface area contributed by atoms with Crippen molar-refractivity contribution in [1.82, 2.24) is 15.2 Å². The lowest BCUT2D eigenvalue weighted by Gasteiger charge is -2.34. The lowest BCUT2D eigenvalue weighted by molar-refractivity contribution is -0.148. The van der Waals surface area contributed by atoms with Gasteiger partial charge in [-0.1, -0.05) is 6.92 Å². The summed E-state index contributed by atoms with van der Waals surface area (Å²) in [6.45, 7) is 6.06. The molecule has 2 N–H and O–H groups in total. The minimum absolute atomic E-state index is 0.222. The van der Waals surface area contributed by atoms with Crippen LogP contribution in [-0.2, 0) is 4.79 Å². The molecule has 1 aliphatic heterocycles. The highest BCUT2D eigenvalue weighted by Gasteiger charge is 2.48. The fourth-order valence-electron chi connectivity index (χ4n) is 2.81. The van der Waals surface area contributed by atoms with Gasteiger partial charge in [0.15, 0.2) is 0 Å². The molecule has 0 aromatic carbocycles. The SMILES string of the molecule is CCC1(C(=O)O)CCCN1C(=O)NC(C)c1nc(C)cs1. The van der Waals surface area contributed by atoms with Crippen molar-refractivity contribution < 1.29 is 14.7 Å². The van der Waals surface area contributed by atoms with Crippen molar-refractivity contribution in [2.24, 2.45) is 0 Å². The van der Waals surface area contributed by atoms with Gasteiger partial charge in [-0.05, 0) is 33.1 Å². The molecule has 0 saturated carbocycles. The van der Waals surface area contributed by atoms with Gasteiger partial charge in [0.2, 0.25) is 0 Å². The number of likely N-dealkylation sites (tertiary alicyclic amines) is 1. The van der Waals surface area contributed by atoms with Gasteiger partial charge >= 0.3 is 12.0 Å². The molecule has 2 unspecified atom stereocenters. The summed E-state index contributed by atoms with van der Waals surface area (Å²) >= 11 is 1.49. The Labute approximate surface area is 128 Å². The second kappa shape index (κ2) is 6.01. The number of carboxylic acid groups (broad SMARTS) is 1. The molecule has 6 nitrogen and oxygen atoms in total. The van der Waals surface area contributed by atoms with Gasteiger partial charge in [0.25, 0.3) is 0 Å². The standard InChI is InChI=1S/C14H21N3O3S/c1-4-14(12(18)19)6-5-7-17(14)13(20)16-10(3)11-15-9(2)8-21-11/h8,10H,4-7H2,1-3H3,(H,16,20)(H,18,19). The van der Waals surface area contributed by atoms with Crippen LogP contribution in [0.25, 0.3) is 0 Å². The number of carboxylic acids is 1. The fraction of sp³-hybridized carbons (Fsp3) is 0.643. The highest BCUT2D eigenvalue weighted by molar-refractivity contribution is 7.09. The Morgan fingerprint density at radius 2 is 2.33 bits per heavy atom. The zero-order chi connectivity index (χ0) is 15.6. The number of thiazole rings is 1. The molecule has 2 atom stereocenters. The molecular weight excluding hydrogens is 290 g/mol. The number of urea groups is 1. The van der Waals surface area contributed by atoms with E-state index in [9.17, 15) is 14.7 Å². The van der Waals surface area contributed by atoms with Crippen molar-refractivity contribution in [3.05, 3.63) is 16.1 Å². The van der Waals surface area contributed by atoms with Gasteiger partial charge in [0, 0.05) is 17.6 Å². The topological polar surface area (TPSA) is 82.5 Å². The molecule has 1 saturated heterocycles. The third-order valence-corrected chi connectivity index (χ3v) is 5.21. The Morgan fingerprint density at radius 1 is 1.62 bits per heavy atom. The van der Waals surface area contributed by atoms with Crippen molar-refractivity contribution in [3.63, 3.8) is 0 Å². The van der Waals surface area contributed by atoms with E-state index in [1.54, 1.807) is 0 Å². The van der Waals surface area contributed by atoms with Crippen molar-refractivity contribution >= 4 is 23.3 Å². The quantitative estimate of drug-likeness (QED) is 0.895. The van der Waals surface area contributed by atoms with Crippen molar-refractivity contribution in [2.75, 3.05) is 6.54 Å². The van der Waals surface area contributed by atoms with Crippen LogP contribution in [0.5, 0.6) is 0 Å². The van der Waals surface area contributed by atoms with Crippen LogP contribution in [0, 0.1) is 6.92 Å². The molecule has 1 aliphatic rings. The summed E-state index contributed by atoms with van der Waals surface area (Å²) < 4.78 is 0. The predicted molar refractivity (Wildman–Crippen MR) is 80.4 cm³/mol. The maximum atomic E-state index is 12.4. The van der Waals surface area contributed by atoms with Crippen LogP contribution >= 0.6 is 11.3 Å². The Balaban J connectivity index is 2.10. The predicted octanol–water partition coefficient (Wildman–Crippen LogP) is 2.55. The molecule has 0 radical (unpaired) electrons. The number of hydrogen-bond acceptors (Lipinski definition) is 4. The average molecular weight is 311 g/mol. The third-order valence-electron chi connectivity index (χ3n) is 4.06. The van der Waals surface area contributed by atoms with Crippen LogP contribution in [-0.4, -0.2) is 39.1 Å². The first-order chi connectivity index (χ1) is 9.90. The first-order valence-corrected chi connectivity index (χ1v) is 8.02. The van der Waals surface area contributed by atoms with E-state index in [2.05, 4.69) is 10.3 Å². The first-order valence-electron chi connectivity index (χ1n) is 7.14. The van der Waals surface area contributed by atoms with Gasteiger partial charge in [-0.3, -0.25) is 0 Å². The van der Waals surface area contributed by atoms with Gasteiger partial charge in [-0.15, -0.1) is 11.3 Å². The molecule has 2 heterocycles. The Morgan fingerprint density at radius 3 is 2.86 bits per heavy atom. The van der Waals surface area contributed by atoms with E-state index >= 15 is 0 Å². The van der Waals surface area contributed by atoms with Crippen LogP contribution < -0.4 is 5.32 Å². The van der Waals surface area contributed by atoms with E-state index < -0.39 is 11.5 Å². The number of aryl methyl sites for hydroxylation is 1. The summed E-state index contributed by atoms with van der Waals surface area (Å²) in [6, 6.07) is -0.544. The van der Waals surface area contributed by atoms with Crippen molar-refractivity contribution in [1.29, 1.82) is 0 Å². The number of carbonyl (C=O) groups excluding carboxylic acids is 1. The number of hydrogen-bond donors (Lipinski definition) is 2. The molecule has 1 aromatic heterocycles. The number of aliphatic carboxylic acids is 1. The molecular formula is C14H21N3O3S. The molecule has 21 heavy (non-hydrogen) atoms. The minimum Gasteiger partial charge on any atom is -0.479 e. The normalized spacial score (nSPS) is 23.1. The molecule has 0 aliphatic carbocycles. The van der Waals surface area contributed by atoms with E-state index in [0.717, 1.165) is 17.1 Å². The van der Waals surface area contributed by atoms with Crippen LogP contribution in [0.2, 0.25) is 0 Å². The second-order valence-corrected chi connectivity index (χ2v) is 6.33. The Hall–Kier alpha value is -1.63. The van der Waals surface area contributed by atoms with E-state index in [1.807, 2.05) is 26.2 Å². The van der Waals surface area contributed by atoms with E-state index in [4.69, 9.17) is 0 Å². The maximum absolute atomic E-state index is 12.4. The summed E-state index contributed by atoms with van der Waals surface area (Å²) in [6.07, 6.45) is 1.65. The third kappa shape index (κ3) is 2.88. The van der Waals surface area contributed by atoms with Gasteiger partial charge < -0.3 is 15.3 Å². The average Bonchev–Trinajstić information content (AvgIpc) is 3.04. The van der Waals surface area contributed by atoms with E-state index in [-0.39, 0.29) is 12.1 Å².